The Morgan fingerprint density at radius 1 is 1.56 bits per heavy atom. The lowest BCUT2D eigenvalue weighted by Crippen LogP contribution is -2.33. The molecule has 0 spiro atoms. The minimum atomic E-state index is 0.338. The van der Waals surface area contributed by atoms with Crippen LogP contribution in [0, 0.1) is 0 Å². The van der Waals surface area contributed by atoms with Crippen molar-refractivity contribution >= 4 is 0 Å². The molecule has 54 valence electrons. The van der Waals surface area contributed by atoms with Gasteiger partial charge in [-0.15, -0.1) is 0 Å². The molecule has 1 unspecified atom stereocenters. The first kappa shape index (κ1) is 7.03. The first-order valence-electron chi connectivity index (χ1n) is 3.59. The molecule has 0 amide bonds. The lowest BCUT2D eigenvalue weighted by Gasteiger charge is -2.22. The van der Waals surface area contributed by atoms with Gasteiger partial charge in [-0.05, 0) is 20.8 Å². The lowest BCUT2D eigenvalue weighted by molar-refractivity contribution is 0.0350. The van der Waals surface area contributed by atoms with Crippen molar-refractivity contribution in [2.75, 3.05) is 13.2 Å². The topological polar surface area (TPSA) is 12.5 Å². The molecule has 2 nitrogen and oxygen atoms in total. The van der Waals surface area contributed by atoms with Crippen molar-refractivity contribution in [1.29, 1.82) is 0 Å². The van der Waals surface area contributed by atoms with Crippen LogP contribution < -0.4 is 0 Å². The highest BCUT2D eigenvalue weighted by atomic mass is 16.5. The van der Waals surface area contributed by atoms with Crippen LogP contribution in [0.25, 0.3) is 0 Å². The van der Waals surface area contributed by atoms with E-state index in [2.05, 4.69) is 25.7 Å². The third-order valence-corrected chi connectivity index (χ3v) is 1.84. The van der Waals surface area contributed by atoms with Crippen molar-refractivity contribution in [2.24, 2.45) is 0 Å². The average Bonchev–Trinajstić information content (AvgIpc) is 2.13. The van der Waals surface area contributed by atoms with Gasteiger partial charge in [0.1, 0.15) is 6.23 Å². The Kier molecular flexibility index (Phi) is 2.09. The predicted octanol–water partition coefficient (Wildman–Crippen LogP) is 1.07. The number of nitrogens with zero attached hydrogens (tertiary/aromatic N) is 1. The average molecular weight is 129 g/mol. The van der Waals surface area contributed by atoms with Gasteiger partial charge in [0.05, 0.1) is 6.61 Å². The number of hydrogen-bond donors (Lipinski definition) is 0. The van der Waals surface area contributed by atoms with E-state index in [4.69, 9.17) is 4.74 Å². The van der Waals surface area contributed by atoms with E-state index in [1.807, 2.05) is 0 Å². The molecule has 0 N–H and O–H groups in total. The first-order chi connectivity index (χ1) is 4.22. The van der Waals surface area contributed by atoms with Crippen LogP contribution in [0.1, 0.15) is 20.8 Å². The van der Waals surface area contributed by atoms with Gasteiger partial charge < -0.3 is 4.74 Å². The van der Waals surface area contributed by atoms with E-state index in [-0.39, 0.29) is 0 Å². The van der Waals surface area contributed by atoms with Gasteiger partial charge in [0.25, 0.3) is 0 Å². The molecule has 2 heteroatoms. The summed E-state index contributed by atoms with van der Waals surface area (Å²) in [5.74, 6) is 0. The van der Waals surface area contributed by atoms with Crippen molar-refractivity contribution in [3.8, 4) is 0 Å². The molecule has 0 aliphatic carbocycles. The zero-order chi connectivity index (χ0) is 6.85. The van der Waals surface area contributed by atoms with Crippen molar-refractivity contribution in [2.45, 2.75) is 33.0 Å². The molecular weight excluding hydrogens is 114 g/mol. The maximum absolute atomic E-state index is 5.35. The minimum Gasteiger partial charge on any atom is -0.362 e. The quantitative estimate of drug-likeness (QED) is 0.525. The van der Waals surface area contributed by atoms with Crippen LogP contribution in [0.5, 0.6) is 0 Å². The highest BCUT2D eigenvalue weighted by Crippen LogP contribution is 2.11. The Labute approximate surface area is 56.8 Å². The zero-order valence-corrected chi connectivity index (χ0v) is 6.42. The standard InChI is InChI=1S/C7H15NO/c1-6(2)8-4-5-9-7(8)3/h6-7H,4-5H2,1-3H3. The molecule has 1 fully saturated rings. The normalized spacial score (nSPS) is 30.0. The van der Waals surface area contributed by atoms with Gasteiger partial charge in [0.2, 0.25) is 0 Å². The van der Waals surface area contributed by atoms with Crippen molar-refractivity contribution in [3.63, 3.8) is 0 Å². The van der Waals surface area contributed by atoms with Gasteiger partial charge >= 0.3 is 0 Å². The second-order valence-electron chi connectivity index (χ2n) is 2.80. The highest BCUT2D eigenvalue weighted by molar-refractivity contribution is 4.68. The van der Waals surface area contributed by atoms with E-state index in [1.165, 1.54) is 0 Å². The van der Waals surface area contributed by atoms with Gasteiger partial charge in [0, 0.05) is 12.6 Å². The Morgan fingerprint density at radius 3 is 2.44 bits per heavy atom. The van der Waals surface area contributed by atoms with Crippen molar-refractivity contribution in [3.05, 3.63) is 0 Å². The molecule has 0 radical (unpaired) electrons. The molecular formula is C7H15NO. The van der Waals surface area contributed by atoms with E-state index in [9.17, 15) is 0 Å². The summed E-state index contributed by atoms with van der Waals surface area (Å²) >= 11 is 0. The molecule has 1 aliphatic rings. The summed E-state index contributed by atoms with van der Waals surface area (Å²) in [5.41, 5.74) is 0. The van der Waals surface area contributed by atoms with Gasteiger partial charge in [-0.25, -0.2) is 0 Å². The van der Waals surface area contributed by atoms with E-state index < -0.39 is 0 Å². The molecule has 9 heavy (non-hydrogen) atoms. The van der Waals surface area contributed by atoms with Crippen LogP contribution in [0.3, 0.4) is 0 Å². The fourth-order valence-corrected chi connectivity index (χ4v) is 1.28. The molecule has 0 aromatic heterocycles. The van der Waals surface area contributed by atoms with Gasteiger partial charge in [-0.1, -0.05) is 0 Å². The first-order valence-corrected chi connectivity index (χ1v) is 3.59. The Hall–Kier alpha value is -0.0800. The second-order valence-corrected chi connectivity index (χ2v) is 2.80. The molecule has 0 aromatic carbocycles. The monoisotopic (exact) mass is 129 g/mol. The minimum absolute atomic E-state index is 0.338. The van der Waals surface area contributed by atoms with Crippen LogP contribution in [-0.4, -0.2) is 30.3 Å². The molecule has 0 saturated carbocycles. The fraction of sp³-hybridized carbons (Fsp3) is 1.00. The summed E-state index contributed by atoms with van der Waals surface area (Å²) in [4.78, 5) is 2.35. The largest absolute Gasteiger partial charge is 0.362 e. The molecule has 1 heterocycles. The van der Waals surface area contributed by atoms with E-state index >= 15 is 0 Å². The number of hydrogen-bond acceptors (Lipinski definition) is 2. The van der Waals surface area contributed by atoms with Gasteiger partial charge in [-0.2, -0.15) is 0 Å². The van der Waals surface area contributed by atoms with Crippen LogP contribution in [0.2, 0.25) is 0 Å². The SMILES string of the molecule is CC(C)N1CCOC1C. The summed E-state index contributed by atoms with van der Waals surface area (Å²) in [7, 11) is 0. The van der Waals surface area contributed by atoms with Crippen LogP contribution in [0.15, 0.2) is 0 Å². The van der Waals surface area contributed by atoms with Gasteiger partial charge in [0.15, 0.2) is 0 Å². The summed E-state index contributed by atoms with van der Waals surface area (Å²) in [6.07, 6.45) is 0.338. The second kappa shape index (κ2) is 2.67. The summed E-state index contributed by atoms with van der Waals surface area (Å²) in [6.45, 7) is 8.50. The van der Waals surface area contributed by atoms with E-state index in [0.29, 0.717) is 12.3 Å². The third kappa shape index (κ3) is 1.43. The van der Waals surface area contributed by atoms with Crippen LogP contribution in [0.4, 0.5) is 0 Å². The van der Waals surface area contributed by atoms with Crippen molar-refractivity contribution in [1.82, 2.24) is 4.90 Å². The van der Waals surface area contributed by atoms with Crippen molar-refractivity contribution < 1.29 is 4.74 Å². The van der Waals surface area contributed by atoms with E-state index in [1.54, 1.807) is 0 Å². The maximum atomic E-state index is 5.35. The summed E-state index contributed by atoms with van der Waals surface area (Å²) in [6, 6.07) is 0.627. The number of rotatable bonds is 1. The Bertz CT molecular complexity index is 92.9. The van der Waals surface area contributed by atoms with E-state index in [0.717, 1.165) is 13.2 Å². The van der Waals surface area contributed by atoms with Gasteiger partial charge in [-0.3, -0.25) is 4.90 Å². The molecule has 1 atom stereocenters. The lowest BCUT2D eigenvalue weighted by atomic mass is 10.3. The molecule has 1 rings (SSSR count). The molecule has 1 aliphatic heterocycles. The molecule has 0 bridgehead atoms. The molecule has 1 saturated heterocycles. The summed E-state index contributed by atoms with van der Waals surface area (Å²) in [5, 5.41) is 0. The summed E-state index contributed by atoms with van der Waals surface area (Å²) < 4.78 is 5.35. The zero-order valence-electron chi connectivity index (χ0n) is 6.42. The van der Waals surface area contributed by atoms with Crippen LogP contribution in [-0.2, 0) is 4.74 Å². The van der Waals surface area contributed by atoms with Crippen LogP contribution >= 0.6 is 0 Å². The highest BCUT2D eigenvalue weighted by Gasteiger charge is 2.22. The Morgan fingerprint density at radius 2 is 2.22 bits per heavy atom. The molecule has 0 aromatic rings. The third-order valence-electron chi connectivity index (χ3n) is 1.84. The fourth-order valence-electron chi connectivity index (χ4n) is 1.28. The number of ether oxygens (including phenoxy) is 1. The predicted molar refractivity (Wildman–Crippen MR) is 37.3 cm³/mol. The Balaban J connectivity index is 2.40. The smallest absolute Gasteiger partial charge is 0.108 e. The maximum Gasteiger partial charge on any atom is 0.108 e.